The summed E-state index contributed by atoms with van der Waals surface area (Å²) in [5.74, 6) is -0.414. The number of aromatic nitrogens is 1. The Morgan fingerprint density at radius 3 is 2.82 bits per heavy atom. The molecule has 1 aromatic heterocycles. The van der Waals surface area contributed by atoms with Crippen molar-refractivity contribution in [1.82, 2.24) is 10.3 Å². The highest BCUT2D eigenvalue weighted by Gasteiger charge is 2.09. The summed E-state index contributed by atoms with van der Waals surface area (Å²) in [6.07, 6.45) is 0.470. The van der Waals surface area contributed by atoms with Gasteiger partial charge in [0, 0.05) is 17.4 Å². The third kappa shape index (κ3) is 3.01. The van der Waals surface area contributed by atoms with Crippen molar-refractivity contribution in [3.05, 3.63) is 71.2 Å². The van der Waals surface area contributed by atoms with Gasteiger partial charge in [-0.1, -0.05) is 30.3 Å². The zero-order valence-electron chi connectivity index (χ0n) is 12.3. The molecule has 0 aliphatic rings. The molecule has 3 nitrogen and oxygen atoms in total. The molecule has 3 aromatic rings. The minimum atomic E-state index is -0.238. The zero-order valence-corrected chi connectivity index (χ0v) is 12.3. The summed E-state index contributed by atoms with van der Waals surface area (Å²) in [5, 5.41) is 3.82. The van der Waals surface area contributed by atoms with Crippen LogP contribution < -0.4 is 5.32 Å². The van der Waals surface area contributed by atoms with Gasteiger partial charge in [-0.05, 0) is 42.7 Å². The van der Waals surface area contributed by atoms with Crippen molar-refractivity contribution in [3.8, 4) is 0 Å². The van der Waals surface area contributed by atoms with Crippen LogP contribution in [0.2, 0.25) is 0 Å². The fourth-order valence-electron chi connectivity index (χ4n) is 2.47. The lowest BCUT2D eigenvalue weighted by Crippen LogP contribution is -2.26. The van der Waals surface area contributed by atoms with E-state index in [1.807, 2.05) is 31.2 Å². The number of carbonyl (C=O) groups excluding carboxylic acids is 1. The van der Waals surface area contributed by atoms with E-state index in [0.29, 0.717) is 24.2 Å². The largest absolute Gasteiger partial charge is 0.351 e. The van der Waals surface area contributed by atoms with Gasteiger partial charge in [-0.25, -0.2) is 4.39 Å². The van der Waals surface area contributed by atoms with E-state index in [4.69, 9.17) is 0 Å². The van der Waals surface area contributed by atoms with Crippen LogP contribution in [0.15, 0.2) is 48.5 Å². The molecular weight excluding hydrogens is 279 g/mol. The quantitative estimate of drug-likeness (QED) is 0.759. The molecule has 22 heavy (non-hydrogen) atoms. The lowest BCUT2D eigenvalue weighted by atomic mass is 10.1. The molecule has 2 N–H and O–H groups in total. The third-order valence-corrected chi connectivity index (χ3v) is 3.66. The molecule has 3 rings (SSSR count). The van der Waals surface area contributed by atoms with Crippen molar-refractivity contribution in [3.63, 3.8) is 0 Å². The van der Waals surface area contributed by atoms with Crippen molar-refractivity contribution < 1.29 is 9.18 Å². The maximum atomic E-state index is 13.5. The third-order valence-electron chi connectivity index (χ3n) is 3.66. The smallest absolute Gasteiger partial charge is 0.267 e. The average Bonchev–Trinajstić information content (AvgIpc) is 2.92. The molecule has 4 heteroatoms. The molecular formula is C18H17FN2O. The van der Waals surface area contributed by atoms with Crippen LogP contribution in [-0.4, -0.2) is 17.4 Å². The van der Waals surface area contributed by atoms with E-state index < -0.39 is 0 Å². The second-order valence-electron chi connectivity index (χ2n) is 5.37. The average molecular weight is 296 g/mol. The van der Waals surface area contributed by atoms with Gasteiger partial charge in [0.2, 0.25) is 0 Å². The van der Waals surface area contributed by atoms with Crippen LogP contribution in [0.3, 0.4) is 0 Å². The molecule has 0 atom stereocenters. The SMILES string of the molecule is Cc1ccc2cc(C(=O)NCCc3ccccc3F)[nH]c2c1. The van der Waals surface area contributed by atoms with Crippen molar-refractivity contribution in [2.75, 3.05) is 6.54 Å². The van der Waals surface area contributed by atoms with E-state index in [-0.39, 0.29) is 11.7 Å². The first-order valence-corrected chi connectivity index (χ1v) is 7.24. The number of benzene rings is 2. The Balaban J connectivity index is 1.65. The number of aryl methyl sites for hydroxylation is 1. The molecule has 1 heterocycles. The first kappa shape index (κ1) is 14.3. The van der Waals surface area contributed by atoms with E-state index in [2.05, 4.69) is 10.3 Å². The molecule has 1 amide bonds. The number of rotatable bonds is 4. The maximum Gasteiger partial charge on any atom is 0.267 e. The van der Waals surface area contributed by atoms with Gasteiger partial charge < -0.3 is 10.3 Å². The van der Waals surface area contributed by atoms with E-state index in [0.717, 1.165) is 16.5 Å². The molecule has 2 aromatic carbocycles. The Kier molecular flexibility index (Phi) is 3.92. The molecule has 0 unspecified atom stereocenters. The van der Waals surface area contributed by atoms with Crippen LogP contribution in [0.4, 0.5) is 4.39 Å². The second-order valence-corrected chi connectivity index (χ2v) is 5.37. The van der Waals surface area contributed by atoms with Gasteiger partial charge >= 0.3 is 0 Å². The highest BCUT2D eigenvalue weighted by atomic mass is 19.1. The van der Waals surface area contributed by atoms with E-state index in [9.17, 15) is 9.18 Å². The van der Waals surface area contributed by atoms with Gasteiger partial charge in [-0.2, -0.15) is 0 Å². The molecule has 0 spiro atoms. The number of nitrogens with one attached hydrogen (secondary N) is 2. The highest BCUT2D eigenvalue weighted by molar-refractivity contribution is 5.98. The molecule has 0 radical (unpaired) electrons. The monoisotopic (exact) mass is 296 g/mol. The molecule has 0 saturated heterocycles. The van der Waals surface area contributed by atoms with E-state index in [1.54, 1.807) is 18.2 Å². The molecule has 0 aliphatic carbocycles. The standard InChI is InChI=1S/C18H17FN2O/c1-12-6-7-14-11-17(21-16(14)10-12)18(22)20-9-8-13-4-2-3-5-15(13)19/h2-7,10-11,21H,8-9H2,1H3,(H,20,22). The van der Waals surface area contributed by atoms with Gasteiger partial charge in [0.05, 0.1) is 0 Å². The van der Waals surface area contributed by atoms with Crippen molar-refractivity contribution in [1.29, 1.82) is 0 Å². The molecule has 0 fully saturated rings. The summed E-state index contributed by atoms with van der Waals surface area (Å²) in [4.78, 5) is 15.2. The number of fused-ring (bicyclic) bond motifs is 1. The fraction of sp³-hybridized carbons (Fsp3) is 0.167. The topological polar surface area (TPSA) is 44.9 Å². The number of amides is 1. The van der Waals surface area contributed by atoms with E-state index in [1.165, 1.54) is 6.07 Å². The van der Waals surface area contributed by atoms with Crippen LogP contribution in [0.1, 0.15) is 21.6 Å². The van der Waals surface area contributed by atoms with E-state index >= 15 is 0 Å². The zero-order chi connectivity index (χ0) is 15.5. The Hall–Kier alpha value is -2.62. The first-order chi connectivity index (χ1) is 10.6. The van der Waals surface area contributed by atoms with Crippen molar-refractivity contribution >= 4 is 16.8 Å². The molecule has 112 valence electrons. The van der Waals surface area contributed by atoms with Gasteiger partial charge in [-0.15, -0.1) is 0 Å². The summed E-state index contributed by atoms with van der Waals surface area (Å²) in [7, 11) is 0. The number of halogens is 1. The van der Waals surface area contributed by atoms with Gasteiger partial charge in [0.25, 0.3) is 5.91 Å². The summed E-state index contributed by atoms with van der Waals surface area (Å²) < 4.78 is 13.5. The molecule has 0 bridgehead atoms. The molecule has 0 aliphatic heterocycles. The van der Waals surface area contributed by atoms with Crippen LogP contribution >= 0.6 is 0 Å². The number of hydrogen-bond donors (Lipinski definition) is 2. The predicted octanol–water partition coefficient (Wildman–Crippen LogP) is 3.59. The Labute approximate surface area is 128 Å². The Morgan fingerprint density at radius 1 is 1.18 bits per heavy atom. The van der Waals surface area contributed by atoms with Crippen LogP contribution in [0.25, 0.3) is 10.9 Å². The van der Waals surface area contributed by atoms with Crippen LogP contribution in [0, 0.1) is 12.7 Å². The van der Waals surface area contributed by atoms with Crippen molar-refractivity contribution in [2.45, 2.75) is 13.3 Å². The number of aromatic amines is 1. The summed E-state index contributed by atoms with van der Waals surface area (Å²) in [6, 6.07) is 14.4. The Morgan fingerprint density at radius 2 is 2.00 bits per heavy atom. The Bertz CT molecular complexity index is 823. The maximum absolute atomic E-state index is 13.5. The van der Waals surface area contributed by atoms with Crippen LogP contribution in [-0.2, 0) is 6.42 Å². The predicted molar refractivity (Wildman–Crippen MR) is 85.5 cm³/mol. The minimum Gasteiger partial charge on any atom is -0.351 e. The van der Waals surface area contributed by atoms with Gasteiger partial charge in [0.1, 0.15) is 11.5 Å². The van der Waals surface area contributed by atoms with Gasteiger partial charge in [-0.3, -0.25) is 4.79 Å². The summed E-state index contributed by atoms with van der Waals surface area (Å²) >= 11 is 0. The van der Waals surface area contributed by atoms with Crippen LogP contribution in [0.5, 0.6) is 0 Å². The van der Waals surface area contributed by atoms with Gasteiger partial charge in [0.15, 0.2) is 0 Å². The van der Waals surface area contributed by atoms with Crippen molar-refractivity contribution in [2.24, 2.45) is 0 Å². The first-order valence-electron chi connectivity index (χ1n) is 7.24. The second kappa shape index (κ2) is 6.02. The number of H-pyrrole nitrogens is 1. The lowest BCUT2D eigenvalue weighted by molar-refractivity contribution is 0.0950. The molecule has 0 saturated carbocycles. The number of carbonyl (C=O) groups is 1. The normalized spacial score (nSPS) is 10.8. The fourth-order valence-corrected chi connectivity index (χ4v) is 2.47. The highest BCUT2D eigenvalue weighted by Crippen LogP contribution is 2.16. The lowest BCUT2D eigenvalue weighted by Gasteiger charge is -2.05. The number of hydrogen-bond acceptors (Lipinski definition) is 1. The minimum absolute atomic E-state index is 0.176. The summed E-state index contributed by atoms with van der Waals surface area (Å²) in [6.45, 7) is 2.41. The summed E-state index contributed by atoms with van der Waals surface area (Å²) in [5.41, 5.74) is 3.21.